The summed E-state index contributed by atoms with van der Waals surface area (Å²) in [6.45, 7) is 10.9. The van der Waals surface area contributed by atoms with Crippen LogP contribution in [0.2, 0.25) is 0 Å². The molecule has 0 aliphatic carbocycles. The van der Waals surface area contributed by atoms with Crippen LogP contribution in [0.1, 0.15) is 37.5 Å². The fraction of sp³-hybridized carbons (Fsp3) is 0.333. The summed E-state index contributed by atoms with van der Waals surface area (Å²) < 4.78 is 5.92. The summed E-state index contributed by atoms with van der Waals surface area (Å²) >= 11 is 0. The predicted octanol–water partition coefficient (Wildman–Crippen LogP) is 5.39. The van der Waals surface area contributed by atoms with Crippen molar-refractivity contribution in [3.05, 3.63) is 59.2 Å². The van der Waals surface area contributed by atoms with Crippen LogP contribution in [0, 0.1) is 13.8 Å². The maximum Gasteiger partial charge on any atom is 0.127 e. The molecule has 0 radical (unpaired) electrons. The summed E-state index contributed by atoms with van der Waals surface area (Å²) in [6, 6.07) is 14.4. The molecule has 1 nitrogen and oxygen atoms in total. The van der Waals surface area contributed by atoms with Crippen LogP contribution >= 0.6 is 0 Å². The molecule has 2 aromatic carbocycles. The SMILES string of the molecule is Cc1ccc(Oc2ccc(C)c(C(C)(C)C)c2)cc1. The van der Waals surface area contributed by atoms with Crippen molar-refractivity contribution in [1.82, 2.24) is 0 Å². The van der Waals surface area contributed by atoms with E-state index in [4.69, 9.17) is 4.74 Å². The van der Waals surface area contributed by atoms with E-state index < -0.39 is 0 Å². The second kappa shape index (κ2) is 5.08. The highest BCUT2D eigenvalue weighted by Crippen LogP contribution is 2.31. The summed E-state index contributed by atoms with van der Waals surface area (Å²) in [6.07, 6.45) is 0. The number of ether oxygens (including phenoxy) is 1. The average molecular weight is 254 g/mol. The first-order valence-corrected chi connectivity index (χ1v) is 6.72. The Morgan fingerprint density at radius 1 is 0.789 bits per heavy atom. The second-order valence-corrected chi connectivity index (χ2v) is 6.14. The summed E-state index contributed by atoms with van der Waals surface area (Å²) in [5.74, 6) is 1.79. The highest BCUT2D eigenvalue weighted by atomic mass is 16.5. The Labute approximate surface area is 116 Å². The van der Waals surface area contributed by atoms with Gasteiger partial charge in [-0.25, -0.2) is 0 Å². The molecule has 0 atom stereocenters. The molecule has 0 saturated carbocycles. The van der Waals surface area contributed by atoms with Crippen LogP contribution in [0.15, 0.2) is 42.5 Å². The third kappa shape index (κ3) is 3.37. The maximum atomic E-state index is 5.92. The van der Waals surface area contributed by atoms with Gasteiger partial charge in [-0.2, -0.15) is 0 Å². The Balaban J connectivity index is 2.29. The molecule has 2 aromatic rings. The van der Waals surface area contributed by atoms with E-state index in [0.29, 0.717) is 0 Å². The van der Waals surface area contributed by atoms with Crippen molar-refractivity contribution in [1.29, 1.82) is 0 Å². The number of rotatable bonds is 2. The van der Waals surface area contributed by atoms with Gasteiger partial charge in [-0.05, 0) is 54.7 Å². The van der Waals surface area contributed by atoms with Crippen LogP contribution in [0.25, 0.3) is 0 Å². The third-order valence-electron chi connectivity index (χ3n) is 3.27. The minimum absolute atomic E-state index is 0.136. The van der Waals surface area contributed by atoms with Gasteiger partial charge >= 0.3 is 0 Å². The quantitative estimate of drug-likeness (QED) is 0.697. The molecule has 1 heteroatoms. The van der Waals surface area contributed by atoms with Crippen molar-refractivity contribution < 1.29 is 4.74 Å². The van der Waals surface area contributed by atoms with Gasteiger partial charge in [0, 0.05) is 0 Å². The summed E-state index contributed by atoms with van der Waals surface area (Å²) in [5, 5.41) is 0. The highest BCUT2D eigenvalue weighted by molar-refractivity contribution is 5.41. The minimum Gasteiger partial charge on any atom is -0.457 e. The highest BCUT2D eigenvalue weighted by Gasteiger charge is 2.17. The van der Waals surface area contributed by atoms with Crippen LogP contribution in [0.5, 0.6) is 11.5 Å². The Morgan fingerprint density at radius 2 is 1.37 bits per heavy atom. The third-order valence-corrected chi connectivity index (χ3v) is 3.27. The lowest BCUT2D eigenvalue weighted by atomic mass is 9.84. The Morgan fingerprint density at radius 3 is 1.95 bits per heavy atom. The number of hydrogen-bond donors (Lipinski definition) is 0. The molecule has 0 spiro atoms. The first kappa shape index (κ1) is 13.7. The van der Waals surface area contributed by atoms with E-state index in [1.165, 1.54) is 16.7 Å². The van der Waals surface area contributed by atoms with Crippen LogP contribution < -0.4 is 4.74 Å². The van der Waals surface area contributed by atoms with Crippen molar-refractivity contribution in [2.45, 2.75) is 40.0 Å². The smallest absolute Gasteiger partial charge is 0.127 e. The molecule has 0 N–H and O–H groups in total. The average Bonchev–Trinajstić information content (AvgIpc) is 2.33. The summed E-state index contributed by atoms with van der Waals surface area (Å²) in [7, 11) is 0. The molecule has 0 saturated heterocycles. The van der Waals surface area contributed by atoms with E-state index in [0.717, 1.165) is 11.5 Å². The van der Waals surface area contributed by atoms with E-state index in [-0.39, 0.29) is 5.41 Å². The molecule has 0 fully saturated rings. The fourth-order valence-corrected chi connectivity index (χ4v) is 2.22. The zero-order valence-corrected chi connectivity index (χ0v) is 12.4. The van der Waals surface area contributed by atoms with Crippen LogP contribution in [0.4, 0.5) is 0 Å². The summed E-state index contributed by atoms with van der Waals surface area (Å²) in [5.41, 5.74) is 4.02. The molecule has 0 heterocycles. The molecular weight excluding hydrogens is 232 g/mol. The van der Waals surface area contributed by atoms with E-state index in [9.17, 15) is 0 Å². The molecule has 0 unspecified atom stereocenters. The van der Waals surface area contributed by atoms with Crippen LogP contribution in [-0.2, 0) is 5.41 Å². The van der Waals surface area contributed by atoms with E-state index in [2.05, 4.69) is 58.9 Å². The number of aryl methyl sites for hydroxylation is 2. The Bertz CT molecular complexity index is 559. The lowest BCUT2D eigenvalue weighted by Crippen LogP contribution is -2.12. The Hall–Kier alpha value is -1.76. The lowest BCUT2D eigenvalue weighted by molar-refractivity contribution is 0.478. The molecule has 0 aromatic heterocycles. The maximum absolute atomic E-state index is 5.92. The predicted molar refractivity (Wildman–Crippen MR) is 81.1 cm³/mol. The molecule has 0 aliphatic rings. The van der Waals surface area contributed by atoms with Gasteiger partial charge in [0.25, 0.3) is 0 Å². The van der Waals surface area contributed by atoms with Gasteiger partial charge in [-0.3, -0.25) is 0 Å². The summed E-state index contributed by atoms with van der Waals surface area (Å²) in [4.78, 5) is 0. The van der Waals surface area contributed by atoms with Gasteiger partial charge in [0.2, 0.25) is 0 Å². The van der Waals surface area contributed by atoms with Crippen molar-refractivity contribution in [3.8, 4) is 11.5 Å². The van der Waals surface area contributed by atoms with Crippen LogP contribution in [-0.4, -0.2) is 0 Å². The topological polar surface area (TPSA) is 9.23 Å². The lowest BCUT2D eigenvalue weighted by Gasteiger charge is -2.22. The first-order chi connectivity index (χ1) is 8.86. The van der Waals surface area contributed by atoms with E-state index in [1.807, 2.05) is 18.2 Å². The van der Waals surface area contributed by atoms with Gasteiger partial charge in [0.05, 0.1) is 0 Å². The molecule has 100 valence electrons. The normalized spacial score (nSPS) is 11.4. The van der Waals surface area contributed by atoms with Gasteiger partial charge in [-0.1, -0.05) is 44.5 Å². The van der Waals surface area contributed by atoms with Gasteiger partial charge in [0.1, 0.15) is 11.5 Å². The Kier molecular flexibility index (Phi) is 3.66. The molecule has 0 bridgehead atoms. The standard InChI is InChI=1S/C18H22O/c1-13-6-9-15(10-7-13)19-16-11-8-14(2)17(12-16)18(3,4)5/h6-12H,1-5H3. The molecule has 19 heavy (non-hydrogen) atoms. The molecular formula is C18H22O. The van der Waals surface area contributed by atoms with Gasteiger partial charge < -0.3 is 4.74 Å². The van der Waals surface area contributed by atoms with E-state index in [1.54, 1.807) is 0 Å². The number of benzene rings is 2. The first-order valence-electron chi connectivity index (χ1n) is 6.72. The minimum atomic E-state index is 0.136. The molecule has 2 rings (SSSR count). The zero-order valence-electron chi connectivity index (χ0n) is 12.4. The van der Waals surface area contributed by atoms with Crippen molar-refractivity contribution in [2.24, 2.45) is 0 Å². The number of hydrogen-bond acceptors (Lipinski definition) is 1. The molecule has 0 amide bonds. The fourth-order valence-electron chi connectivity index (χ4n) is 2.22. The zero-order chi connectivity index (χ0) is 14.0. The van der Waals surface area contributed by atoms with Crippen molar-refractivity contribution in [2.75, 3.05) is 0 Å². The monoisotopic (exact) mass is 254 g/mol. The van der Waals surface area contributed by atoms with E-state index >= 15 is 0 Å². The largest absolute Gasteiger partial charge is 0.457 e. The van der Waals surface area contributed by atoms with Crippen molar-refractivity contribution >= 4 is 0 Å². The van der Waals surface area contributed by atoms with Gasteiger partial charge in [-0.15, -0.1) is 0 Å². The molecule has 0 aliphatic heterocycles. The van der Waals surface area contributed by atoms with Crippen molar-refractivity contribution in [3.63, 3.8) is 0 Å². The second-order valence-electron chi connectivity index (χ2n) is 6.14. The van der Waals surface area contributed by atoms with Crippen LogP contribution in [0.3, 0.4) is 0 Å². The van der Waals surface area contributed by atoms with Gasteiger partial charge in [0.15, 0.2) is 0 Å².